The van der Waals surface area contributed by atoms with E-state index in [1.165, 1.54) is 7.11 Å². The average molecular weight is 291 g/mol. The van der Waals surface area contributed by atoms with E-state index in [2.05, 4.69) is 5.32 Å². The Kier molecular flexibility index (Phi) is 4.06. The number of likely N-dealkylation sites (tertiary alicyclic amines) is 1. The SMILES string of the molecule is CNC(=O)C1(C)CCN(C(=O)c2ccc(N)cc2OC)C1. The Hall–Kier alpha value is -2.24. The summed E-state index contributed by atoms with van der Waals surface area (Å²) in [5, 5.41) is 2.66. The lowest BCUT2D eigenvalue weighted by Crippen LogP contribution is -2.40. The van der Waals surface area contributed by atoms with Crippen molar-refractivity contribution in [3.05, 3.63) is 23.8 Å². The molecule has 1 atom stereocenters. The molecule has 1 aromatic carbocycles. The van der Waals surface area contributed by atoms with E-state index >= 15 is 0 Å². The quantitative estimate of drug-likeness (QED) is 0.810. The molecular formula is C15H21N3O3. The smallest absolute Gasteiger partial charge is 0.257 e. The van der Waals surface area contributed by atoms with Crippen LogP contribution in [0.5, 0.6) is 5.75 Å². The minimum Gasteiger partial charge on any atom is -0.496 e. The van der Waals surface area contributed by atoms with Crippen molar-refractivity contribution in [3.8, 4) is 5.75 Å². The first-order valence-corrected chi connectivity index (χ1v) is 6.86. The molecule has 6 heteroatoms. The summed E-state index contributed by atoms with van der Waals surface area (Å²) in [6, 6.07) is 4.96. The Morgan fingerprint density at radius 1 is 1.43 bits per heavy atom. The number of hydrogen-bond donors (Lipinski definition) is 2. The summed E-state index contributed by atoms with van der Waals surface area (Å²) in [6.45, 7) is 2.83. The number of nitrogen functional groups attached to an aromatic ring is 1. The third kappa shape index (κ3) is 2.79. The number of amides is 2. The number of nitrogens with zero attached hydrogens (tertiary/aromatic N) is 1. The summed E-state index contributed by atoms with van der Waals surface area (Å²) < 4.78 is 5.22. The van der Waals surface area contributed by atoms with Gasteiger partial charge < -0.3 is 20.7 Å². The van der Waals surface area contributed by atoms with Gasteiger partial charge in [0.15, 0.2) is 0 Å². The average Bonchev–Trinajstić information content (AvgIpc) is 2.89. The fraction of sp³-hybridized carbons (Fsp3) is 0.467. The van der Waals surface area contributed by atoms with Crippen LogP contribution in [0.15, 0.2) is 18.2 Å². The number of rotatable bonds is 3. The van der Waals surface area contributed by atoms with Gasteiger partial charge >= 0.3 is 0 Å². The molecule has 0 spiro atoms. The van der Waals surface area contributed by atoms with E-state index < -0.39 is 5.41 Å². The predicted octanol–water partition coefficient (Wildman–Crippen LogP) is 0.876. The molecule has 1 aliphatic heterocycles. The summed E-state index contributed by atoms with van der Waals surface area (Å²) >= 11 is 0. The standard InChI is InChI=1S/C15H21N3O3/c1-15(14(20)17-2)6-7-18(9-15)13(19)11-5-4-10(16)8-12(11)21-3/h4-5,8H,6-7,9,16H2,1-3H3,(H,17,20). The molecule has 1 unspecified atom stereocenters. The van der Waals surface area contributed by atoms with Crippen LogP contribution in [-0.4, -0.2) is 44.0 Å². The molecule has 0 saturated carbocycles. The maximum absolute atomic E-state index is 12.6. The molecule has 0 aromatic heterocycles. The predicted molar refractivity (Wildman–Crippen MR) is 80.1 cm³/mol. The Morgan fingerprint density at radius 3 is 2.76 bits per heavy atom. The Balaban J connectivity index is 2.21. The molecular weight excluding hydrogens is 270 g/mol. The first-order valence-electron chi connectivity index (χ1n) is 6.86. The number of benzene rings is 1. The highest BCUT2D eigenvalue weighted by atomic mass is 16.5. The highest BCUT2D eigenvalue weighted by molar-refractivity contribution is 5.98. The van der Waals surface area contributed by atoms with Crippen LogP contribution in [0.3, 0.4) is 0 Å². The third-order valence-electron chi connectivity index (χ3n) is 3.99. The molecule has 1 heterocycles. The zero-order chi connectivity index (χ0) is 15.6. The highest BCUT2D eigenvalue weighted by Gasteiger charge is 2.42. The number of carbonyl (C=O) groups is 2. The van der Waals surface area contributed by atoms with Gasteiger partial charge in [0.2, 0.25) is 5.91 Å². The van der Waals surface area contributed by atoms with Gasteiger partial charge in [-0.15, -0.1) is 0 Å². The maximum Gasteiger partial charge on any atom is 0.257 e. The van der Waals surface area contributed by atoms with E-state index in [0.717, 1.165) is 0 Å². The van der Waals surface area contributed by atoms with Crippen molar-refractivity contribution < 1.29 is 14.3 Å². The largest absolute Gasteiger partial charge is 0.496 e. The Bertz CT molecular complexity index is 573. The maximum atomic E-state index is 12.6. The van der Waals surface area contributed by atoms with Gasteiger partial charge in [0.25, 0.3) is 5.91 Å². The fourth-order valence-electron chi connectivity index (χ4n) is 2.68. The molecule has 1 fully saturated rings. The number of hydrogen-bond acceptors (Lipinski definition) is 4. The number of nitrogens with two attached hydrogens (primary N) is 1. The van der Waals surface area contributed by atoms with Crippen molar-refractivity contribution in [2.45, 2.75) is 13.3 Å². The van der Waals surface area contributed by atoms with Crippen LogP contribution in [0.4, 0.5) is 5.69 Å². The van der Waals surface area contributed by atoms with Crippen molar-refractivity contribution in [1.29, 1.82) is 0 Å². The molecule has 2 rings (SSSR count). The van der Waals surface area contributed by atoms with Gasteiger partial charge in [0, 0.05) is 31.9 Å². The third-order valence-corrected chi connectivity index (χ3v) is 3.99. The van der Waals surface area contributed by atoms with Crippen LogP contribution in [0.1, 0.15) is 23.7 Å². The van der Waals surface area contributed by atoms with Crippen LogP contribution >= 0.6 is 0 Å². The molecule has 1 aliphatic rings. The van der Waals surface area contributed by atoms with E-state index in [-0.39, 0.29) is 11.8 Å². The fourth-order valence-corrected chi connectivity index (χ4v) is 2.68. The number of ether oxygens (including phenoxy) is 1. The van der Waals surface area contributed by atoms with Crippen molar-refractivity contribution in [3.63, 3.8) is 0 Å². The lowest BCUT2D eigenvalue weighted by Gasteiger charge is -2.23. The number of anilines is 1. The number of carbonyl (C=O) groups excluding carboxylic acids is 2. The van der Waals surface area contributed by atoms with E-state index in [0.29, 0.717) is 36.5 Å². The van der Waals surface area contributed by atoms with Gasteiger partial charge in [-0.05, 0) is 25.5 Å². The van der Waals surface area contributed by atoms with Crippen LogP contribution in [0.2, 0.25) is 0 Å². The van der Waals surface area contributed by atoms with Gasteiger partial charge in [-0.3, -0.25) is 9.59 Å². The molecule has 3 N–H and O–H groups in total. The first-order chi connectivity index (χ1) is 9.91. The van der Waals surface area contributed by atoms with Crippen LogP contribution in [0.25, 0.3) is 0 Å². The van der Waals surface area contributed by atoms with Crippen molar-refractivity contribution in [1.82, 2.24) is 10.2 Å². The molecule has 21 heavy (non-hydrogen) atoms. The normalized spacial score (nSPS) is 21.2. The minimum atomic E-state index is -0.536. The number of methoxy groups -OCH3 is 1. The summed E-state index contributed by atoms with van der Waals surface area (Å²) in [5.74, 6) is 0.273. The lowest BCUT2D eigenvalue weighted by atomic mass is 9.89. The molecule has 0 bridgehead atoms. The summed E-state index contributed by atoms with van der Waals surface area (Å²) in [7, 11) is 3.12. The van der Waals surface area contributed by atoms with Crippen LogP contribution < -0.4 is 15.8 Å². The summed E-state index contributed by atoms with van der Waals surface area (Å²) in [4.78, 5) is 26.2. The van der Waals surface area contributed by atoms with Crippen molar-refractivity contribution in [2.75, 3.05) is 33.0 Å². The topological polar surface area (TPSA) is 84.7 Å². The van der Waals surface area contributed by atoms with Crippen LogP contribution in [-0.2, 0) is 4.79 Å². The van der Waals surface area contributed by atoms with Gasteiger partial charge in [-0.2, -0.15) is 0 Å². The minimum absolute atomic E-state index is 0.0397. The molecule has 1 aromatic rings. The van der Waals surface area contributed by atoms with E-state index in [1.807, 2.05) is 6.92 Å². The molecule has 114 valence electrons. The molecule has 1 saturated heterocycles. The van der Waals surface area contributed by atoms with Crippen LogP contribution in [0, 0.1) is 5.41 Å². The number of nitrogens with one attached hydrogen (secondary N) is 1. The second-order valence-electron chi connectivity index (χ2n) is 5.58. The zero-order valence-corrected chi connectivity index (χ0v) is 12.6. The highest BCUT2D eigenvalue weighted by Crippen LogP contribution is 2.32. The second kappa shape index (κ2) is 5.63. The molecule has 0 aliphatic carbocycles. The summed E-state index contributed by atoms with van der Waals surface area (Å²) in [5.41, 5.74) is 6.17. The second-order valence-corrected chi connectivity index (χ2v) is 5.58. The van der Waals surface area contributed by atoms with E-state index in [1.54, 1.807) is 30.1 Å². The van der Waals surface area contributed by atoms with Gasteiger partial charge in [0.05, 0.1) is 18.1 Å². The Morgan fingerprint density at radius 2 is 2.14 bits per heavy atom. The van der Waals surface area contributed by atoms with Crippen molar-refractivity contribution >= 4 is 17.5 Å². The van der Waals surface area contributed by atoms with Gasteiger partial charge in [0.1, 0.15) is 5.75 Å². The molecule has 6 nitrogen and oxygen atoms in total. The van der Waals surface area contributed by atoms with E-state index in [9.17, 15) is 9.59 Å². The van der Waals surface area contributed by atoms with Gasteiger partial charge in [-0.1, -0.05) is 0 Å². The lowest BCUT2D eigenvalue weighted by molar-refractivity contribution is -0.128. The Labute approximate surface area is 124 Å². The van der Waals surface area contributed by atoms with Crippen molar-refractivity contribution in [2.24, 2.45) is 5.41 Å². The van der Waals surface area contributed by atoms with E-state index in [4.69, 9.17) is 10.5 Å². The molecule has 0 radical (unpaired) electrons. The summed E-state index contributed by atoms with van der Waals surface area (Å²) in [6.07, 6.45) is 0.649. The zero-order valence-electron chi connectivity index (χ0n) is 12.6. The monoisotopic (exact) mass is 291 g/mol. The first kappa shape index (κ1) is 15.2. The molecule has 2 amide bonds. The van der Waals surface area contributed by atoms with Gasteiger partial charge in [-0.25, -0.2) is 0 Å².